The van der Waals surface area contributed by atoms with Crippen molar-refractivity contribution >= 4 is 22.5 Å². The number of nitrogens with one attached hydrogen (secondary N) is 2. The van der Waals surface area contributed by atoms with Crippen LogP contribution in [-0.2, 0) is 15.7 Å². The summed E-state index contributed by atoms with van der Waals surface area (Å²) >= 11 is 0. The second-order valence-electron chi connectivity index (χ2n) is 7.73. The molecule has 0 aliphatic heterocycles. The van der Waals surface area contributed by atoms with Gasteiger partial charge in [-0.25, -0.2) is 0 Å². The van der Waals surface area contributed by atoms with Crippen molar-refractivity contribution in [1.82, 2.24) is 4.98 Å². The van der Waals surface area contributed by atoms with Gasteiger partial charge < -0.3 is 19.8 Å². The van der Waals surface area contributed by atoms with Crippen LogP contribution in [0.1, 0.15) is 36.3 Å². The van der Waals surface area contributed by atoms with E-state index in [2.05, 4.69) is 10.3 Å². The highest BCUT2D eigenvalue weighted by atomic mass is 19.4. The van der Waals surface area contributed by atoms with Crippen molar-refractivity contribution in [2.45, 2.75) is 37.5 Å². The van der Waals surface area contributed by atoms with E-state index in [0.717, 1.165) is 41.4 Å². The lowest BCUT2D eigenvalue weighted by Crippen LogP contribution is -2.32. The summed E-state index contributed by atoms with van der Waals surface area (Å²) in [6, 6.07) is 11.0. The fraction of sp³-hybridized carbons (Fsp3) is 0.348. The van der Waals surface area contributed by atoms with E-state index in [-0.39, 0.29) is 24.3 Å². The SMILES string of the molecule is COCCC(=O)Nc1c[nH]c2ccc(OC3CC(c4ccc(C(F)(F)F)cc4)C3)cc12. The molecule has 0 unspecified atom stereocenters. The fourth-order valence-electron chi connectivity index (χ4n) is 3.75. The van der Waals surface area contributed by atoms with Crippen molar-refractivity contribution in [1.29, 1.82) is 0 Å². The van der Waals surface area contributed by atoms with E-state index >= 15 is 0 Å². The largest absolute Gasteiger partial charge is 0.490 e. The second kappa shape index (κ2) is 8.63. The Morgan fingerprint density at radius 3 is 2.58 bits per heavy atom. The number of amides is 1. The number of halogens is 3. The van der Waals surface area contributed by atoms with Gasteiger partial charge in [0.05, 0.1) is 30.4 Å². The standard InChI is InChI=1S/C23H23F3N2O3/c1-30-9-8-22(29)28-21-13-27-20-7-6-17(12-19(20)21)31-18-10-15(11-18)14-2-4-16(5-3-14)23(24,25)26/h2-7,12-13,15,18,27H,8-11H2,1H3,(H,28,29). The molecule has 0 bridgehead atoms. The van der Waals surface area contributed by atoms with Crippen LogP contribution in [0.15, 0.2) is 48.7 Å². The van der Waals surface area contributed by atoms with Crippen LogP contribution in [0.2, 0.25) is 0 Å². The normalized spacial score (nSPS) is 18.6. The van der Waals surface area contributed by atoms with Gasteiger partial charge in [0.1, 0.15) is 5.75 Å². The number of H-pyrrole nitrogens is 1. The van der Waals surface area contributed by atoms with Crippen molar-refractivity contribution in [3.8, 4) is 5.75 Å². The predicted octanol–water partition coefficient (Wildman–Crippen LogP) is 5.49. The number of alkyl halides is 3. The Kier molecular flexibility index (Phi) is 5.91. The molecular weight excluding hydrogens is 409 g/mol. The van der Waals surface area contributed by atoms with Gasteiger partial charge in [0.25, 0.3) is 0 Å². The van der Waals surface area contributed by atoms with E-state index in [0.29, 0.717) is 18.0 Å². The topological polar surface area (TPSA) is 63.3 Å². The van der Waals surface area contributed by atoms with Crippen LogP contribution in [-0.4, -0.2) is 30.7 Å². The van der Waals surface area contributed by atoms with Gasteiger partial charge in [-0.1, -0.05) is 12.1 Å². The average molecular weight is 432 g/mol. The van der Waals surface area contributed by atoms with Crippen LogP contribution in [0, 0.1) is 0 Å². The number of fused-ring (bicyclic) bond motifs is 1. The minimum Gasteiger partial charge on any atom is -0.490 e. The highest BCUT2D eigenvalue weighted by Gasteiger charge is 2.34. The van der Waals surface area contributed by atoms with Gasteiger partial charge in [0, 0.05) is 24.2 Å². The third-order valence-electron chi connectivity index (χ3n) is 5.57. The zero-order valence-corrected chi connectivity index (χ0v) is 17.0. The van der Waals surface area contributed by atoms with Crippen molar-refractivity contribution in [2.75, 3.05) is 19.0 Å². The molecule has 1 amide bonds. The Labute approximate surface area is 177 Å². The maximum atomic E-state index is 12.7. The van der Waals surface area contributed by atoms with Crippen LogP contribution >= 0.6 is 0 Å². The smallest absolute Gasteiger partial charge is 0.416 e. The third kappa shape index (κ3) is 4.85. The predicted molar refractivity (Wildman–Crippen MR) is 111 cm³/mol. The van der Waals surface area contributed by atoms with Crippen LogP contribution in [0.3, 0.4) is 0 Å². The molecule has 1 fully saturated rings. The first-order chi connectivity index (χ1) is 14.8. The molecule has 31 heavy (non-hydrogen) atoms. The summed E-state index contributed by atoms with van der Waals surface area (Å²) in [5.41, 5.74) is 1.83. The molecule has 2 N–H and O–H groups in total. The van der Waals surface area contributed by atoms with E-state index in [1.165, 1.54) is 0 Å². The highest BCUT2D eigenvalue weighted by Crippen LogP contribution is 2.40. The molecule has 0 atom stereocenters. The van der Waals surface area contributed by atoms with Crippen molar-refractivity contribution in [3.63, 3.8) is 0 Å². The number of anilines is 1. The van der Waals surface area contributed by atoms with Gasteiger partial charge in [0.2, 0.25) is 5.91 Å². The van der Waals surface area contributed by atoms with Gasteiger partial charge in [-0.15, -0.1) is 0 Å². The van der Waals surface area contributed by atoms with Crippen molar-refractivity contribution in [3.05, 3.63) is 59.8 Å². The number of hydrogen-bond donors (Lipinski definition) is 2. The number of carbonyl (C=O) groups excluding carboxylic acids is 1. The van der Waals surface area contributed by atoms with Crippen LogP contribution in [0.5, 0.6) is 5.75 Å². The Morgan fingerprint density at radius 1 is 1.16 bits per heavy atom. The average Bonchev–Trinajstić information content (AvgIpc) is 3.10. The molecule has 2 aromatic carbocycles. The van der Waals surface area contributed by atoms with Crippen LogP contribution in [0.4, 0.5) is 18.9 Å². The van der Waals surface area contributed by atoms with Gasteiger partial charge in [0.15, 0.2) is 0 Å². The minimum atomic E-state index is -4.32. The molecule has 1 aliphatic rings. The third-order valence-corrected chi connectivity index (χ3v) is 5.57. The first-order valence-corrected chi connectivity index (χ1v) is 10.1. The maximum absolute atomic E-state index is 12.7. The quantitative estimate of drug-likeness (QED) is 0.519. The summed E-state index contributed by atoms with van der Waals surface area (Å²) in [6.07, 6.45) is -0.809. The number of aromatic nitrogens is 1. The number of ether oxygens (including phenoxy) is 2. The number of methoxy groups -OCH3 is 1. The first-order valence-electron chi connectivity index (χ1n) is 10.1. The van der Waals surface area contributed by atoms with Gasteiger partial charge >= 0.3 is 6.18 Å². The lowest BCUT2D eigenvalue weighted by atomic mass is 9.77. The zero-order valence-electron chi connectivity index (χ0n) is 17.0. The molecule has 164 valence electrons. The minimum absolute atomic E-state index is 0.00317. The van der Waals surface area contributed by atoms with E-state index in [1.807, 2.05) is 18.2 Å². The summed E-state index contributed by atoms with van der Waals surface area (Å²) in [6.45, 7) is 0.352. The second-order valence-corrected chi connectivity index (χ2v) is 7.73. The summed E-state index contributed by atoms with van der Waals surface area (Å²) in [7, 11) is 1.55. The Bertz CT molecular complexity index is 1050. The first kappa shape index (κ1) is 21.2. The van der Waals surface area contributed by atoms with Gasteiger partial charge in [-0.2, -0.15) is 13.2 Å². The molecule has 1 aliphatic carbocycles. The lowest BCUT2D eigenvalue weighted by Gasteiger charge is -2.35. The maximum Gasteiger partial charge on any atom is 0.416 e. The molecule has 4 rings (SSSR count). The molecule has 1 aromatic heterocycles. The summed E-state index contributed by atoms with van der Waals surface area (Å²) in [4.78, 5) is 15.1. The van der Waals surface area contributed by atoms with Gasteiger partial charge in [-0.3, -0.25) is 4.79 Å². The number of carbonyl (C=O) groups is 1. The zero-order chi connectivity index (χ0) is 22.0. The summed E-state index contributed by atoms with van der Waals surface area (Å²) in [5.74, 6) is 0.752. The lowest BCUT2D eigenvalue weighted by molar-refractivity contribution is -0.137. The molecule has 5 nitrogen and oxygen atoms in total. The van der Waals surface area contributed by atoms with Gasteiger partial charge in [-0.05, 0) is 54.7 Å². The Balaban J connectivity index is 1.36. The van der Waals surface area contributed by atoms with E-state index < -0.39 is 11.7 Å². The van der Waals surface area contributed by atoms with E-state index in [9.17, 15) is 18.0 Å². The number of hydrogen-bond acceptors (Lipinski definition) is 3. The molecule has 0 spiro atoms. The summed E-state index contributed by atoms with van der Waals surface area (Å²) < 4.78 is 49.1. The molecule has 0 radical (unpaired) electrons. The Morgan fingerprint density at radius 2 is 1.90 bits per heavy atom. The number of rotatable bonds is 7. The Hall–Kier alpha value is -3.00. The van der Waals surface area contributed by atoms with Crippen LogP contribution in [0.25, 0.3) is 10.9 Å². The molecule has 3 aromatic rings. The molecule has 1 heterocycles. The highest BCUT2D eigenvalue weighted by molar-refractivity contribution is 6.02. The molecular formula is C23H23F3N2O3. The number of aromatic amines is 1. The number of benzene rings is 2. The molecule has 1 saturated carbocycles. The molecule has 0 saturated heterocycles. The van der Waals surface area contributed by atoms with E-state index in [4.69, 9.17) is 9.47 Å². The van der Waals surface area contributed by atoms with Crippen molar-refractivity contribution < 1.29 is 27.4 Å². The van der Waals surface area contributed by atoms with Crippen LogP contribution < -0.4 is 10.1 Å². The monoisotopic (exact) mass is 432 g/mol. The fourth-order valence-corrected chi connectivity index (χ4v) is 3.75. The van der Waals surface area contributed by atoms with Crippen molar-refractivity contribution in [2.24, 2.45) is 0 Å². The summed E-state index contributed by atoms with van der Waals surface area (Å²) in [5, 5.41) is 3.72. The molecule has 8 heteroatoms. The van der Waals surface area contributed by atoms with E-state index in [1.54, 1.807) is 25.4 Å².